The van der Waals surface area contributed by atoms with Crippen LogP contribution in [0.15, 0.2) is 64.8 Å². The van der Waals surface area contributed by atoms with E-state index in [1.807, 2.05) is 20.8 Å². The highest BCUT2D eigenvalue weighted by Crippen LogP contribution is 2.39. The third-order valence-electron chi connectivity index (χ3n) is 3.43. The first kappa shape index (κ1) is 19.0. The predicted octanol–water partition coefficient (Wildman–Crippen LogP) is 4.31. The van der Waals surface area contributed by atoms with Gasteiger partial charge in [0.15, 0.2) is 0 Å². The van der Waals surface area contributed by atoms with Crippen molar-refractivity contribution in [3.05, 3.63) is 54.6 Å². The van der Waals surface area contributed by atoms with Gasteiger partial charge >= 0.3 is 0 Å². The first-order valence-corrected chi connectivity index (χ1v) is 9.70. The lowest BCUT2D eigenvalue weighted by atomic mass is 9.95. The van der Waals surface area contributed by atoms with Crippen molar-refractivity contribution in [3.8, 4) is 0 Å². The van der Waals surface area contributed by atoms with Crippen molar-refractivity contribution in [2.45, 2.75) is 20.8 Å². The molecule has 132 valence electrons. The van der Waals surface area contributed by atoms with Crippen LogP contribution >= 0.6 is 7.37 Å². The number of nitrogens with one attached hydrogen (secondary N) is 1. The highest BCUT2D eigenvalue weighted by atomic mass is 31.2. The van der Waals surface area contributed by atoms with E-state index in [0.29, 0.717) is 16.7 Å². The summed E-state index contributed by atoms with van der Waals surface area (Å²) < 4.78 is 12.3. The number of carbonyl (C=O) groups is 1. The molecule has 0 aromatic heterocycles. The monoisotopic (exact) mass is 359 g/mol. The van der Waals surface area contributed by atoms with Crippen LogP contribution in [0, 0.1) is 5.41 Å². The fraction of sp³-hybridized carbons (Fsp3) is 0.278. The molecule has 2 aromatic carbocycles. The number of hydrogen-bond donors (Lipinski definition) is 2. The third kappa shape index (κ3) is 5.34. The van der Waals surface area contributed by atoms with Crippen molar-refractivity contribution in [1.29, 1.82) is 0 Å². The van der Waals surface area contributed by atoms with Crippen LogP contribution in [-0.4, -0.2) is 17.1 Å². The van der Waals surface area contributed by atoms with E-state index in [9.17, 15) is 14.3 Å². The molecule has 0 radical (unpaired) electrons. The average Bonchev–Trinajstić information content (AvgIpc) is 2.56. The Kier molecular flexibility index (Phi) is 5.88. The Morgan fingerprint density at radius 2 is 1.68 bits per heavy atom. The first-order valence-electron chi connectivity index (χ1n) is 7.85. The van der Waals surface area contributed by atoms with E-state index in [1.54, 1.807) is 54.6 Å². The Morgan fingerprint density at radius 3 is 2.32 bits per heavy atom. The minimum atomic E-state index is -3.60. The zero-order chi connectivity index (χ0) is 18.5. The quantitative estimate of drug-likeness (QED) is 0.615. The number of azo groups is 1. The Balaban J connectivity index is 2.14. The smallest absolute Gasteiger partial charge is 0.252 e. The number of anilines is 1. The van der Waals surface area contributed by atoms with Crippen molar-refractivity contribution < 1.29 is 14.3 Å². The maximum Gasteiger partial charge on any atom is 0.252 e. The lowest BCUT2D eigenvalue weighted by Crippen LogP contribution is -2.27. The highest BCUT2D eigenvalue weighted by molar-refractivity contribution is 7.66. The number of carbonyl (C=O) groups excluding carboxylic acids is 1. The lowest BCUT2D eigenvalue weighted by molar-refractivity contribution is -0.123. The van der Waals surface area contributed by atoms with E-state index in [1.165, 1.54) is 0 Å². The molecular weight excluding hydrogens is 337 g/mol. The molecule has 0 fully saturated rings. The first-order chi connectivity index (χ1) is 11.7. The zero-order valence-corrected chi connectivity index (χ0v) is 15.4. The van der Waals surface area contributed by atoms with Gasteiger partial charge < -0.3 is 10.2 Å². The summed E-state index contributed by atoms with van der Waals surface area (Å²) in [5, 5.41) is 11.1. The summed E-state index contributed by atoms with van der Waals surface area (Å²) in [4.78, 5) is 22.3. The molecule has 0 saturated carbocycles. The summed E-state index contributed by atoms with van der Waals surface area (Å²) in [5.41, 5.74) is 0.407. The number of nitrogens with zero attached hydrogens (tertiary/aromatic N) is 2. The van der Waals surface area contributed by atoms with Gasteiger partial charge in [-0.15, -0.1) is 0 Å². The van der Waals surface area contributed by atoms with Gasteiger partial charge in [0.25, 0.3) is 7.37 Å². The molecule has 0 spiro atoms. The molecule has 1 amide bonds. The van der Waals surface area contributed by atoms with Crippen LogP contribution in [-0.2, 0) is 9.36 Å². The number of rotatable bonds is 5. The zero-order valence-electron chi connectivity index (χ0n) is 14.5. The van der Waals surface area contributed by atoms with Gasteiger partial charge in [-0.1, -0.05) is 51.1 Å². The molecule has 2 rings (SSSR count). The van der Waals surface area contributed by atoms with E-state index in [0.717, 1.165) is 0 Å². The Bertz CT molecular complexity index is 814. The van der Waals surface area contributed by atoms with Crippen LogP contribution in [0.4, 0.5) is 11.4 Å². The summed E-state index contributed by atoms with van der Waals surface area (Å²) in [7, 11) is -3.60. The topological polar surface area (TPSA) is 91.1 Å². The number of benzene rings is 2. The van der Waals surface area contributed by atoms with Crippen LogP contribution < -0.4 is 10.6 Å². The second-order valence-electron chi connectivity index (χ2n) is 6.64. The summed E-state index contributed by atoms with van der Waals surface area (Å²) >= 11 is 0. The minimum Gasteiger partial charge on any atom is -0.340 e. The van der Waals surface area contributed by atoms with Gasteiger partial charge in [0, 0.05) is 10.7 Å². The summed E-state index contributed by atoms with van der Waals surface area (Å²) in [6.07, 6.45) is -0.321. The summed E-state index contributed by atoms with van der Waals surface area (Å²) in [6, 6.07) is 15.3. The fourth-order valence-corrected chi connectivity index (χ4v) is 2.95. The van der Waals surface area contributed by atoms with Gasteiger partial charge in [0.2, 0.25) is 5.91 Å². The molecule has 0 aliphatic carbocycles. The van der Waals surface area contributed by atoms with E-state index in [-0.39, 0.29) is 12.2 Å². The van der Waals surface area contributed by atoms with Crippen LogP contribution in [0.5, 0.6) is 0 Å². The molecule has 0 saturated heterocycles. The van der Waals surface area contributed by atoms with Crippen molar-refractivity contribution in [2.75, 3.05) is 11.6 Å². The Labute approximate surface area is 147 Å². The molecule has 7 heteroatoms. The largest absolute Gasteiger partial charge is 0.340 e. The van der Waals surface area contributed by atoms with Crippen LogP contribution in [0.3, 0.4) is 0 Å². The molecule has 1 atom stereocenters. The Morgan fingerprint density at radius 1 is 1.08 bits per heavy atom. The van der Waals surface area contributed by atoms with E-state index in [4.69, 9.17) is 0 Å². The molecule has 0 bridgehead atoms. The van der Waals surface area contributed by atoms with Crippen molar-refractivity contribution in [1.82, 2.24) is 0 Å². The molecule has 0 aliphatic heterocycles. The molecule has 6 nitrogen and oxygen atoms in total. The summed E-state index contributed by atoms with van der Waals surface area (Å²) in [6.45, 7) is 5.44. The third-order valence-corrected chi connectivity index (χ3v) is 5.04. The average molecular weight is 359 g/mol. The molecule has 2 aromatic rings. The Hall–Kier alpha value is -2.30. The molecule has 0 aliphatic rings. The van der Waals surface area contributed by atoms with E-state index < -0.39 is 12.8 Å². The van der Waals surface area contributed by atoms with Crippen molar-refractivity contribution in [3.63, 3.8) is 0 Å². The molecule has 2 N–H and O–H groups in total. The van der Waals surface area contributed by atoms with Gasteiger partial charge in [0.05, 0.1) is 5.69 Å². The van der Waals surface area contributed by atoms with Gasteiger partial charge in [-0.3, -0.25) is 9.36 Å². The van der Waals surface area contributed by atoms with Crippen molar-refractivity contribution in [2.24, 2.45) is 15.6 Å². The van der Waals surface area contributed by atoms with Gasteiger partial charge in [0.1, 0.15) is 12.0 Å². The predicted molar refractivity (Wildman–Crippen MR) is 99.8 cm³/mol. The number of amides is 1. The summed E-state index contributed by atoms with van der Waals surface area (Å²) in [5.74, 6) is -0.146. The molecule has 0 heterocycles. The normalized spacial score (nSPS) is 14.2. The van der Waals surface area contributed by atoms with Crippen LogP contribution in [0.1, 0.15) is 20.8 Å². The number of para-hydroxylation sites is 1. The molecule has 25 heavy (non-hydrogen) atoms. The van der Waals surface area contributed by atoms with Crippen LogP contribution in [0.25, 0.3) is 0 Å². The van der Waals surface area contributed by atoms with Crippen molar-refractivity contribution >= 4 is 30.0 Å². The molecular formula is C18H22N3O3P. The maximum atomic E-state index is 12.3. The highest BCUT2D eigenvalue weighted by Gasteiger charge is 2.22. The van der Waals surface area contributed by atoms with E-state index >= 15 is 0 Å². The second-order valence-corrected chi connectivity index (χ2v) is 8.84. The standard InChI is InChI=1S/C18H22N3O3P/c1-18(2,3)17(22)20-15-11-7-8-12-16(15)21-19-13-25(23,24)14-9-5-4-6-10-14/h4-12H,13H2,1-3H3,(H,20,22)(H,23,24). The SMILES string of the molecule is CC(C)(C)C(=O)Nc1ccccc1N=NCP(=O)(O)c1ccccc1. The van der Waals surface area contributed by atoms with Gasteiger partial charge in [-0.05, 0) is 24.3 Å². The van der Waals surface area contributed by atoms with E-state index in [2.05, 4.69) is 15.5 Å². The lowest BCUT2D eigenvalue weighted by Gasteiger charge is -2.18. The van der Waals surface area contributed by atoms with Crippen LogP contribution in [0.2, 0.25) is 0 Å². The fourth-order valence-electron chi connectivity index (χ4n) is 1.91. The van der Waals surface area contributed by atoms with Gasteiger partial charge in [-0.25, -0.2) is 0 Å². The number of hydrogen-bond acceptors (Lipinski definition) is 4. The molecule has 1 unspecified atom stereocenters. The maximum absolute atomic E-state index is 12.3. The minimum absolute atomic E-state index is 0.146. The second kappa shape index (κ2) is 7.72. The van der Waals surface area contributed by atoms with Gasteiger partial charge in [-0.2, -0.15) is 10.2 Å².